The summed E-state index contributed by atoms with van der Waals surface area (Å²) in [6, 6.07) is 1.40. The summed E-state index contributed by atoms with van der Waals surface area (Å²) in [5.74, 6) is 0. The van der Waals surface area contributed by atoms with Crippen LogP contribution in [0.25, 0.3) is 11.0 Å². The highest BCUT2D eigenvalue weighted by Crippen LogP contribution is 2.51. The molecule has 0 aliphatic heterocycles. The number of aromatic nitrogens is 3. The number of fused-ring (bicyclic) bond motifs is 1. The zero-order valence-electron chi connectivity index (χ0n) is 11.9. The molecule has 3 rings (SSSR count). The van der Waals surface area contributed by atoms with Crippen molar-refractivity contribution in [3.63, 3.8) is 0 Å². The summed E-state index contributed by atoms with van der Waals surface area (Å²) in [6.07, 6.45) is 2.56. The largest absolute Gasteiger partial charge is 0.396 e. The molecule has 1 saturated carbocycles. The van der Waals surface area contributed by atoms with Crippen molar-refractivity contribution >= 4 is 22.6 Å². The average molecular weight is 312 g/mol. The second kappa shape index (κ2) is 4.64. The summed E-state index contributed by atoms with van der Waals surface area (Å²) in [4.78, 5) is 8.14. The van der Waals surface area contributed by atoms with Crippen LogP contribution in [0.3, 0.4) is 0 Å². The van der Waals surface area contributed by atoms with Crippen molar-refractivity contribution in [2.45, 2.75) is 38.0 Å². The summed E-state index contributed by atoms with van der Waals surface area (Å²) in [5, 5.41) is 31.8. The Morgan fingerprint density at radius 1 is 1.43 bits per heavy atom. The molecular formula is C14H18ClN3O3. The van der Waals surface area contributed by atoms with Crippen LogP contribution in [0.15, 0.2) is 18.6 Å². The number of aliphatic hydroxyl groups excluding tert-OH is 2. The van der Waals surface area contributed by atoms with E-state index in [2.05, 4.69) is 9.97 Å². The van der Waals surface area contributed by atoms with Crippen LogP contribution >= 0.6 is 11.6 Å². The van der Waals surface area contributed by atoms with Gasteiger partial charge in [0.1, 0.15) is 23.2 Å². The fourth-order valence-corrected chi connectivity index (χ4v) is 3.39. The van der Waals surface area contributed by atoms with E-state index in [1.165, 1.54) is 6.33 Å². The maximum absolute atomic E-state index is 10.6. The van der Waals surface area contributed by atoms with Gasteiger partial charge in [0.15, 0.2) is 0 Å². The van der Waals surface area contributed by atoms with E-state index in [1.807, 2.05) is 0 Å². The van der Waals surface area contributed by atoms with Crippen LogP contribution in [0.5, 0.6) is 0 Å². The standard InChI is InChI=1S/C14H18ClN3O3/c1-13(6-19)5-9(10(20)14(13,2)21)18-4-3-8-11(15)16-7-17-12(8)18/h3-4,7,9-10,19-21H,5-6H2,1-2H3/t9-,10+,13-,14+/m1/s1. The van der Waals surface area contributed by atoms with Gasteiger partial charge in [-0.1, -0.05) is 18.5 Å². The molecular weight excluding hydrogens is 294 g/mol. The Morgan fingerprint density at radius 2 is 2.14 bits per heavy atom. The molecule has 0 saturated heterocycles. The van der Waals surface area contributed by atoms with Gasteiger partial charge in [0.05, 0.1) is 23.6 Å². The third kappa shape index (κ3) is 1.90. The molecule has 6 nitrogen and oxygen atoms in total. The Balaban J connectivity index is 2.10. The number of rotatable bonds is 2. The molecule has 0 aromatic carbocycles. The summed E-state index contributed by atoms with van der Waals surface area (Å²) in [7, 11) is 0. The predicted octanol–water partition coefficient (Wildman–Crippen LogP) is 1.14. The van der Waals surface area contributed by atoms with Gasteiger partial charge >= 0.3 is 0 Å². The van der Waals surface area contributed by atoms with Crippen LogP contribution in [0.2, 0.25) is 5.15 Å². The van der Waals surface area contributed by atoms with E-state index in [9.17, 15) is 15.3 Å². The monoisotopic (exact) mass is 311 g/mol. The van der Waals surface area contributed by atoms with Crippen LogP contribution in [-0.2, 0) is 0 Å². The lowest BCUT2D eigenvalue weighted by atomic mass is 9.77. The minimum atomic E-state index is -1.39. The molecule has 4 atom stereocenters. The van der Waals surface area contributed by atoms with Crippen LogP contribution in [0, 0.1) is 5.41 Å². The van der Waals surface area contributed by atoms with Crippen LogP contribution in [-0.4, -0.2) is 48.2 Å². The van der Waals surface area contributed by atoms with Crippen molar-refractivity contribution < 1.29 is 15.3 Å². The molecule has 0 unspecified atom stereocenters. The smallest absolute Gasteiger partial charge is 0.145 e. The number of halogens is 1. The van der Waals surface area contributed by atoms with E-state index in [-0.39, 0.29) is 12.6 Å². The van der Waals surface area contributed by atoms with Gasteiger partial charge < -0.3 is 19.9 Å². The van der Waals surface area contributed by atoms with Gasteiger partial charge in [0.25, 0.3) is 0 Å². The highest BCUT2D eigenvalue weighted by Gasteiger charge is 2.58. The normalized spacial score (nSPS) is 36.5. The second-order valence-corrected chi connectivity index (χ2v) is 6.57. The third-order valence-corrected chi connectivity index (χ3v) is 5.29. The molecule has 0 spiro atoms. The molecule has 1 aliphatic carbocycles. The first kappa shape index (κ1) is 14.7. The fourth-order valence-electron chi connectivity index (χ4n) is 3.19. The maximum Gasteiger partial charge on any atom is 0.145 e. The Hall–Kier alpha value is -1.21. The van der Waals surface area contributed by atoms with Crippen molar-refractivity contribution in [3.8, 4) is 0 Å². The Morgan fingerprint density at radius 3 is 2.76 bits per heavy atom. The molecule has 0 radical (unpaired) electrons. The first-order valence-corrected chi connectivity index (χ1v) is 7.18. The van der Waals surface area contributed by atoms with Gasteiger partial charge in [0.2, 0.25) is 0 Å². The molecule has 114 valence electrons. The molecule has 0 amide bonds. The second-order valence-electron chi connectivity index (χ2n) is 6.21. The lowest BCUT2D eigenvalue weighted by molar-refractivity contribution is -0.121. The van der Waals surface area contributed by atoms with Gasteiger partial charge in [-0.25, -0.2) is 9.97 Å². The van der Waals surface area contributed by atoms with Crippen molar-refractivity contribution in [1.29, 1.82) is 0 Å². The number of aliphatic hydroxyl groups is 3. The Labute approximate surface area is 127 Å². The van der Waals surface area contributed by atoms with E-state index >= 15 is 0 Å². The minimum Gasteiger partial charge on any atom is -0.396 e. The van der Waals surface area contributed by atoms with E-state index in [4.69, 9.17) is 11.6 Å². The Bertz CT molecular complexity index is 684. The number of nitrogens with zero attached hydrogens (tertiary/aromatic N) is 3. The zero-order chi connectivity index (χ0) is 15.4. The molecule has 7 heteroatoms. The van der Waals surface area contributed by atoms with E-state index in [0.29, 0.717) is 22.6 Å². The summed E-state index contributed by atoms with van der Waals surface area (Å²) >= 11 is 6.04. The molecule has 2 heterocycles. The number of hydrogen-bond donors (Lipinski definition) is 3. The molecule has 1 fully saturated rings. The predicted molar refractivity (Wildman–Crippen MR) is 78.0 cm³/mol. The summed E-state index contributed by atoms with van der Waals surface area (Å²) < 4.78 is 1.79. The first-order chi connectivity index (χ1) is 9.82. The first-order valence-electron chi connectivity index (χ1n) is 6.80. The van der Waals surface area contributed by atoms with Crippen molar-refractivity contribution in [3.05, 3.63) is 23.7 Å². The van der Waals surface area contributed by atoms with Crippen LogP contribution in [0.4, 0.5) is 0 Å². The van der Waals surface area contributed by atoms with Gasteiger partial charge in [-0.05, 0) is 19.4 Å². The molecule has 2 aromatic heterocycles. The third-order valence-electron chi connectivity index (χ3n) is 4.99. The van der Waals surface area contributed by atoms with E-state index in [0.717, 1.165) is 0 Å². The Kier molecular flexibility index (Phi) is 3.25. The minimum absolute atomic E-state index is 0.206. The summed E-state index contributed by atoms with van der Waals surface area (Å²) in [6.45, 7) is 3.12. The van der Waals surface area contributed by atoms with Crippen LogP contribution < -0.4 is 0 Å². The van der Waals surface area contributed by atoms with Gasteiger partial charge in [-0.3, -0.25) is 0 Å². The topological polar surface area (TPSA) is 91.4 Å². The van der Waals surface area contributed by atoms with Gasteiger partial charge in [-0.2, -0.15) is 0 Å². The van der Waals surface area contributed by atoms with E-state index in [1.54, 1.807) is 30.7 Å². The zero-order valence-corrected chi connectivity index (χ0v) is 12.6. The molecule has 21 heavy (non-hydrogen) atoms. The highest BCUT2D eigenvalue weighted by atomic mass is 35.5. The quantitative estimate of drug-likeness (QED) is 0.723. The fraction of sp³-hybridized carbons (Fsp3) is 0.571. The maximum atomic E-state index is 10.6. The molecule has 0 bridgehead atoms. The lowest BCUT2D eigenvalue weighted by Crippen LogP contribution is -2.49. The SMILES string of the molecule is C[C@]1(CO)C[C@@H](n2ccc3c(Cl)ncnc32)[C@H](O)[C@]1(C)O. The molecule has 1 aliphatic rings. The lowest BCUT2D eigenvalue weighted by Gasteiger charge is -2.36. The molecule has 3 N–H and O–H groups in total. The number of hydrogen-bond acceptors (Lipinski definition) is 5. The van der Waals surface area contributed by atoms with Gasteiger partial charge in [-0.15, -0.1) is 0 Å². The van der Waals surface area contributed by atoms with Gasteiger partial charge in [0, 0.05) is 11.6 Å². The summed E-state index contributed by atoms with van der Waals surface area (Å²) in [5.41, 5.74) is -1.57. The highest BCUT2D eigenvalue weighted by molar-refractivity contribution is 6.33. The average Bonchev–Trinajstić information content (AvgIpc) is 2.94. The van der Waals surface area contributed by atoms with Crippen molar-refractivity contribution in [2.24, 2.45) is 5.41 Å². The van der Waals surface area contributed by atoms with Crippen LogP contribution in [0.1, 0.15) is 26.3 Å². The van der Waals surface area contributed by atoms with E-state index < -0.39 is 17.1 Å². The van der Waals surface area contributed by atoms with Crippen molar-refractivity contribution in [1.82, 2.24) is 14.5 Å². The molecule has 2 aromatic rings. The van der Waals surface area contributed by atoms with Crippen molar-refractivity contribution in [2.75, 3.05) is 6.61 Å².